The number of aromatic hydroxyl groups is 1. The third kappa shape index (κ3) is 2.20. The van der Waals surface area contributed by atoms with E-state index in [-0.39, 0.29) is 12.5 Å². The second-order valence-electron chi connectivity index (χ2n) is 3.47. The van der Waals surface area contributed by atoms with E-state index in [0.29, 0.717) is 24.5 Å². The lowest BCUT2D eigenvalue weighted by Gasteiger charge is -2.06. The van der Waals surface area contributed by atoms with Crippen LogP contribution in [0.1, 0.15) is 12.0 Å². The Kier molecular flexibility index (Phi) is 3.18. The molecule has 1 heterocycles. The maximum Gasteiger partial charge on any atom is 0.231 e. The van der Waals surface area contributed by atoms with Gasteiger partial charge in [-0.1, -0.05) is 0 Å². The van der Waals surface area contributed by atoms with E-state index in [2.05, 4.69) is 11.2 Å². The summed E-state index contributed by atoms with van der Waals surface area (Å²) >= 11 is 0. The fourth-order valence-corrected chi connectivity index (χ4v) is 1.50. The van der Waals surface area contributed by atoms with Gasteiger partial charge in [0.1, 0.15) is 5.75 Å². The number of ether oxygens (including phenoxy) is 2. The molecule has 0 fully saturated rings. The fraction of sp³-hybridized carbons (Fsp3) is 0.333. The summed E-state index contributed by atoms with van der Waals surface area (Å²) in [5, 5.41) is 12.9. The van der Waals surface area contributed by atoms with Crippen molar-refractivity contribution in [2.75, 3.05) is 13.3 Å². The molecule has 2 N–H and O–H groups in total. The number of hydrogen-bond acceptors (Lipinski definition) is 4. The summed E-state index contributed by atoms with van der Waals surface area (Å²) in [6.45, 7) is 1.50. The van der Waals surface area contributed by atoms with E-state index in [4.69, 9.17) is 15.9 Å². The van der Waals surface area contributed by atoms with Crippen LogP contribution in [-0.2, 0) is 6.54 Å². The zero-order chi connectivity index (χ0) is 11.4. The summed E-state index contributed by atoms with van der Waals surface area (Å²) in [6.07, 6.45) is 5.81. The second kappa shape index (κ2) is 4.77. The standard InChI is InChI=1S/C12H13NO3/c1-2-3-4-13-7-9-5-11-12(6-10(9)14)16-8-15-11/h1,5-6,13-14H,3-4,7-8H2. The first-order valence-corrected chi connectivity index (χ1v) is 5.07. The molecule has 4 nitrogen and oxygen atoms in total. The minimum atomic E-state index is 0.206. The van der Waals surface area contributed by atoms with Gasteiger partial charge in [0.15, 0.2) is 11.5 Å². The maximum atomic E-state index is 9.72. The Morgan fingerprint density at radius 1 is 1.38 bits per heavy atom. The number of hydrogen-bond donors (Lipinski definition) is 2. The van der Waals surface area contributed by atoms with Gasteiger partial charge in [-0.15, -0.1) is 12.3 Å². The Labute approximate surface area is 94.2 Å². The van der Waals surface area contributed by atoms with Crippen LogP contribution in [-0.4, -0.2) is 18.4 Å². The lowest BCUT2D eigenvalue weighted by atomic mass is 10.1. The van der Waals surface area contributed by atoms with Gasteiger partial charge in [0.25, 0.3) is 0 Å². The number of nitrogens with one attached hydrogen (secondary N) is 1. The predicted molar refractivity (Wildman–Crippen MR) is 59.4 cm³/mol. The third-order valence-corrected chi connectivity index (χ3v) is 2.34. The molecule has 0 saturated carbocycles. The molecule has 16 heavy (non-hydrogen) atoms. The highest BCUT2D eigenvalue weighted by Gasteiger charge is 2.16. The lowest BCUT2D eigenvalue weighted by Crippen LogP contribution is -2.14. The van der Waals surface area contributed by atoms with Crippen molar-refractivity contribution in [3.63, 3.8) is 0 Å². The van der Waals surface area contributed by atoms with Crippen LogP contribution in [0.2, 0.25) is 0 Å². The second-order valence-corrected chi connectivity index (χ2v) is 3.47. The van der Waals surface area contributed by atoms with E-state index in [0.717, 1.165) is 12.1 Å². The molecule has 0 spiro atoms. The van der Waals surface area contributed by atoms with Crippen molar-refractivity contribution in [3.05, 3.63) is 17.7 Å². The van der Waals surface area contributed by atoms with Gasteiger partial charge in [0.05, 0.1) is 0 Å². The van der Waals surface area contributed by atoms with Crippen molar-refractivity contribution in [2.24, 2.45) is 0 Å². The molecule has 1 aliphatic heterocycles. The highest BCUT2D eigenvalue weighted by molar-refractivity contribution is 5.51. The van der Waals surface area contributed by atoms with E-state index < -0.39 is 0 Å². The van der Waals surface area contributed by atoms with E-state index in [9.17, 15) is 5.11 Å². The summed E-state index contributed by atoms with van der Waals surface area (Å²) in [6, 6.07) is 3.35. The van der Waals surface area contributed by atoms with Gasteiger partial charge in [-0.05, 0) is 6.07 Å². The van der Waals surface area contributed by atoms with Crippen LogP contribution in [0.4, 0.5) is 0 Å². The summed E-state index contributed by atoms with van der Waals surface area (Å²) in [4.78, 5) is 0. The van der Waals surface area contributed by atoms with Gasteiger partial charge in [-0.3, -0.25) is 0 Å². The zero-order valence-electron chi connectivity index (χ0n) is 8.82. The molecular formula is C12H13NO3. The summed E-state index contributed by atoms with van der Waals surface area (Å²) in [5.74, 6) is 4.01. The average Bonchev–Trinajstić information content (AvgIpc) is 2.71. The number of benzene rings is 1. The smallest absolute Gasteiger partial charge is 0.231 e. The Hall–Kier alpha value is -1.86. The lowest BCUT2D eigenvalue weighted by molar-refractivity contribution is 0.174. The first-order chi connectivity index (χ1) is 7.81. The molecule has 0 aliphatic carbocycles. The Morgan fingerprint density at radius 2 is 2.12 bits per heavy atom. The predicted octanol–water partition coefficient (Wildman–Crippen LogP) is 1.23. The van der Waals surface area contributed by atoms with Crippen LogP contribution in [0.5, 0.6) is 17.2 Å². The molecule has 84 valence electrons. The van der Waals surface area contributed by atoms with Crippen molar-refractivity contribution in [3.8, 4) is 29.6 Å². The molecule has 0 unspecified atom stereocenters. The highest BCUT2D eigenvalue weighted by atomic mass is 16.7. The maximum absolute atomic E-state index is 9.72. The van der Waals surface area contributed by atoms with E-state index >= 15 is 0 Å². The minimum absolute atomic E-state index is 0.206. The molecule has 0 amide bonds. The molecule has 0 radical (unpaired) electrons. The third-order valence-electron chi connectivity index (χ3n) is 2.34. The minimum Gasteiger partial charge on any atom is -0.507 e. The first kappa shape index (κ1) is 10.7. The molecule has 2 rings (SSSR count). The molecule has 1 aliphatic rings. The van der Waals surface area contributed by atoms with Crippen LogP contribution in [0, 0.1) is 12.3 Å². The van der Waals surface area contributed by atoms with E-state index in [1.54, 1.807) is 12.1 Å². The van der Waals surface area contributed by atoms with Gasteiger partial charge in [0.2, 0.25) is 6.79 Å². The molecule has 0 saturated heterocycles. The number of phenolic OH excluding ortho intramolecular Hbond substituents is 1. The molecule has 1 aromatic carbocycles. The van der Waals surface area contributed by atoms with Crippen LogP contribution in [0.25, 0.3) is 0 Å². The Balaban J connectivity index is 2.02. The molecule has 4 heteroatoms. The summed E-state index contributed by atoms with van der Waals surface area (Å²) < 4.78 is 10.4. The first-order valence-electron chi connectivity index (χ1n) is 5.07. The SMILES string of the molecule is C#CCCNCc1cc2c(cc1O)OCO2. The quantitative estimate of drug-likeness (QED) is 0.591. The highest BCUT2D eigenvalue weighted by Crippen LogP contribution is 2.37. The van der Waals surface area contributed by atoms with Gasteiger partial charge >= 0.3 is 0 Å². The van der Waals surface area contributed by atoms with E-state index in [1.807, 2.05) is 0 Å². The van der Waals surface area contributed by atoms with Crippen LogP contribution in [0.3, 0.4) is 0 Å². The molecule has 0 atom stereocenters. The zero-order valence-corrected chi connectivity index (χ0v) is 8.82. The number of phenols is 1. The number of rotatable bonds is 4. The van der Waals surface area contributed by atoms with Crippen LogP contribution < -0.4 is 14.8 Å². The van der Waals surface area contributed by atoms with Crippen molar-refractivity contribution >= 4 is 0 Å². The van der Waals surface area contributed by atoms with Gasteiger partial charge in [-0.25, -0.2) is 0 Å². The van der Waals surface area contributed by atoms with Crippen LogP contribution in [0.15, 0.2) is 12.1 Å². The monoisotopic (exact) mass is 219 g/mol. The summed E-state index contributed by atoms with van der Waals surface area (Å²) in [5.41, 5.74) is 0.779. The largest absolute Gasteiger partial charge is 0.507 e. The Morgan fingerprint density at radius 3 is 2.88 bits per heavy atom. The van der Waals surface area contributed by atoms with E-state index in [1.165, 1.54) is 0 Å². The fourth-order valence-electron chi connectivity index (χ4n) is 1.50. The Bertz CT molecular complexity index is 423. The van der Waals surface area contributed by atoms with Gasteiger partial charge in [0, 0.05) is 31.1 Å². The number of terminal acetylenes is 1. The van der Waals surface area contributed by atoms with Crippen molar-refractivity contribution < 1.29 is 14.6 Å². The van der Waals surface area contributed by atoms with Gasteiger partial charge < -0.3 is 19.9 Å². The van der Waals surface area contributed by atoms with Crippen LogP contribution >= 0.6 is 0 Å². The average molecular weight is 219 g/mol. The normalized spacial score (nSPS) is 12.4. The van der Waals surface area contributed by atoms with Gasteiger partial charge in [-0.2, -0.15) is 0 Å². The molecule has 0 aromatic heterocycles. The molecular weight excluding hydrogens is 206 g/mol. The number of fused-ring (bicyclic) bond motifs is 1. The summed E-state index contributed by atoms with van der Waals surface area (Å²) in [7, 11) is 0. The van der Waals surface area contributed by atoms with Crippen molar-refractivity contribution in [1.82, 2.24) is 5.32 Å². The van der Waals surface area contributed by atoms with Crippen molar-refractivity contribution in [1.29, 1.82) is 0 Å². The topological polar surface area (TPSA) is 50.7 Å². The van der Waals surface area contributed by atoms with Crippen molar-refractivity contribution in [2.45, 2.75) is 13.0 Å². The molecule has 0 bridgehead atoms. The molecule has 1 aromatic rings.